The standard InChI is InChI=1S/C18H26N2O4/c1-12(2)19-17(21)13-7-9-20(10-8-13)18(22)16-11-23-14-5-3-4-6-15(14)24-16/h3-6,12-16H,7-11H2,1-2H3,(H,19,21)/t14-,15-,16+/m1/s1. The zero-order chi connectivity index (χ0) is 17.1. The number of allylic oxidation sites excluding steroid dienone is 2. The molecule has 0 aromatic carbocycles. The maximum Gasteiger partial charge on any atom is 0.254 e. The number of ether oxygens (including phenoxy) is 2. The van der Waals surface area contributed by atoms with Gasteiger partial charge in [0.2, 0.25) is 5.91 Å². The van der Waals surface area contributed by atoms with E-state index >= 15 is 0 Å². The second-order valence-electron chi connectivity index (χ2n) is 6.92. The number of carbonyl (C=O) groups is 2. The van der Waals surface area contributed by atoms with Gasteiger partial charge in [-0.05, 0) is 26.7 Å². The zero-order valence-corrected chi connectivity index (χ0v) is 14.3. The van der Waals surface area contributed by atoms with Crippen molar-refractivity contribution in [3.05, 3.63) is 24.3 Å². The minimum Gasteiger partial charge on any atom is -0.368 e. The monoisotopic (exact) mass is 334 g/mol. The summed E-state index contributed by atoms with van der Waals surface area (Å²) in [6, 6.07) is 0.149. The molecule has 6 nitrogen and oxygen atoms in total. The molecular weight excluding hydrogens is 308 g/mol. The predicted molar refractivity (Wildman–Crippen MR) is 89.3 cm³/mol. The van der Waals surface area contributed by atoms with E-state index in [0.29, 0.717) is 25.9 Å². The molecule has 3 atom stereocenters. The summed E-state index contributed by atoms with van der Waals surface area (Å²) < 4.78 is 11.6. The molecule has 3 rings (SSSR count). The normalized spacial score (nSPS) is 30.3. The van der Waals surface area contributed by atoms with Gasteiger partial charge in [0.05, 0.1) is 6.61 Å². The van der Waals surface area contributed by atoms with Crippen molar-refractivity contribution in [1.82, 2.24) is 10.2 Å². The Morgan fingerprint density at radius 3 is 2.46 bits per heavy atom. The molecule has 24 heavy (non-hydrogen) atoms. The Kier molecular flexibility index (Phi) is 5.36. The van der Waals surface area contributed by atoms with Crippen molar-refractivity contribution in [2.24, 2.45) is 5.92 Å². The van der Waals surface area contributed by atoms with E-state index in [-0.39, 0.29) is 42.6 Å². The average molecular weight is 334 g/mol. The number of hydrogen-bond acceptors (Lipinski definition) is 4. The van der Waals surface area contributed by atoms with Crippen molar-refractivity contribution in [3.63, 3.8) is 0 Å². The van der Waals surface area contributed by atoms with Crippen LogP contribution in [-0.4, -0.2) is 60.8 Å². The Morgan fingerprint density at radius 2 is 1.79 bits per heavy atom. The van der Waals surface area contributed by atoms with Crippen LogP contribution in [0.2, 0.25) is 0 Å². The average Bonchev–Trinajstić information content (AvgIpc) is 2.60. The van der Waals surface area contributed by atoms with Gasteiger partial charge in [-0.15, -0.1) is 0 Å². The molecule has 0 radical (unpaired) electrons. The minimum atomic E-state index is -0.552. The molecule has 1 aliphatic carbocycles. The first-order chi connectivity index (χ1) is 11.5. The highest BCUT2D eigenvalue weighted by Gasteiger charge is 2.37. The first-order valence-corrected chi connectivity index (χ1v) is 8.76. The molecule has 0 bridgehead atoms. The van der Waals surface area contributed by atoms with Gasteiger partial charge in [-0.3, -0.25) is 9.59 Å². The largest absolute Gasteiger partial charge is 0.368 e. The highest BCUT2D eigenvalue weighted by atomic mass is 16.6. The summed E-state index contributed by atoms with van der Waals surface area (Å²) in [5, 5.41) is 2.95. The second kappa shape index (κ2) is 7.49. The number of amides is 2. The third-order valence-corrected chi connectivity index (χ3v) is 4.68. The van der Waals surface area contributed by atoms with E-state index in [0.717, 1.165) is 0 Å². The first kappa shape index (κ1) is 17.2. The van der Waals surface area contributed by atoms with Gasteiger partial charge in [-0.1, -0.05) is 24.3 Å². The zero-order valence-electron chi connectivity index (χ0n) is 14.3. The topological polar surface area (TPSA) is 67.9 Å². The van der Waals surface area contributed by atoms with Gasteiger partial charge in [0.15, 0.2) is 6.10 Å². The van der Waals surface area contributed by atoms with Gasteiger partial charge in [-0.2, -0.15) is 0 Å². The molecule has 132 valence electrons. The van der Waals surface area contributed by atoms with Gasteiger partial charge in [-0.25, -0.2) is 0 Å². The molecular formula is C18H26N2O4. The van der Waals surface area contributed by atoms with Crippen LogP contribution < -0.4 is 5.32 Å². The Bertz CT molecular complexity index is 535. The first-order valence-electron chi connectivity index (χ1n) is 8.76. The van der Waals surface area contributed by atoms with Crippen LogP contribution in [0.3, 0.4) is 0 Å². The van der Waals surface area contributed by atoms with Gasteiger partial charge in [0.1, 0.15) is 12.2 Å². The number of fused-ring (bicyclic) bond motifs is 1. The summed E-state index contributed by atoms with van der Waals surface area (Å²) in [6.07, 6.45) is 8.28. The number of hydrogen-bond donors (Lipinski definition) is 1. The van der Waals surface area contributed by atoms with Crippen molar-refractivity contribution in [3.8, 4) is 0 Å². The molecule has 2 heterocycles. The minimum absolute atomic E-state index is 0.00392. The van der Waals surface area contributed by atoms with Crippen LogP contribution in [0.1, 0.15) is 26.7 Å². The summed E-state index contributed by atoms with van der Waals surface area (Å²) in [6.45, 7) is 5.39. The molecule has 0 aromatic heterocycles. The maximum absolute atomic E-state index is 12.7. The lowest BCUT2D eigenvalue weighted by Gasteiger charge is -2.38. The van der Waals surface area contributed by atoms with Crippen LogP contribution >= 0.6 is 0 Å². The fraction of sp³-hybridized carbons (Fsp3) is 0.667. The third-order valence-electron chi connectivity index (χ3n) is 4.68. The van der Waals surface area contributed by atoms with Crippen molar-refractivity contribution < 1.29 is 19.1 Å². The number of nitrogens with one attached hydrogen (secondary N) is 1. The number of likely N-dealkylation sites (tertiary alicyclic amines) is 1. The van der Waals surface area contributed by atoms with Gasteiger partial charge in [0, 0.05) is 25.0 Å². The van der Waals surface area contributed by atoms with Gasteiger partial charge < -0.3 is 19.7 Å². The van der Waals surface area contributed by atoms with E-state index in [4.69, 9.17) is 9.47 Å². The van der Waals surface area contributed by atoms with E-state index in [9.17, 15) is 9.59 Å². The van der Waals surface area contributed by atoms with Crippen molar-refractivity contribution in [2.45, 2.75) is 51.0 Å². The maximum atomic E-state index is 12.7. The van der Waals surface area contributed by atoms with Crippen LogP contribution in [-0.2, 0) is 19.1 Å². The van der Waals surface area contributed by atoms with E-state index in [1.54, 1.807) is 4.90 Å². The molecule has 0 saturated carbocycles. The SMILES string of the molecule is CC(C)NC(=O)C1CCN(C(=O)[C@@H]2CO[C@@H]3C=CC=C[C@H]3O2)CC1. The molecule has 0 aromatic rings. The van der Waals surface area contributed by atoms with Crippen LogP contribution in [0.15, 0.2) is 24.3 Å². The summed E-state index contributed by atoms with van der Waals surface area (Å²) in [5.74, 6) is 0.0613. The molecule has 1 N–H and O–H groups in total. The third kappa shape index (κ3) is 3.87. The van der Waals surface area contributed by atoms with Crippen LogP contribution in [0.25, 0.3) is 0 Å². The Morgan fingerprint density at radius 1 is 1.12 bits per heavy atom. The quantitative estimate of drug-likeness (QED) is 0.837. The van der Waals surface area contributed by atoms with E-state index < -0.39 is 6.10 Å². The predicted octanol–water partition coefficient (Wildman–Crippen LogP) is 1.03. The molecule has 3 aliphatic rings. The second-order valence-corrected chi connectivity index (χ2v) is 6.92. The van der Waals surface area contributed by atoms with Crippen molar-refractivity contribution in [1.29, 1.82) is 0 Å². The van der Waals surface area contributed by atoms with E-state index in [1.807, 2.05) is 38.2 Å². The molecule has 6 heteroatoms. The lowest BCUT2D eigenvalue weighted by atomic mass is 9.95. The lowest BCUT2D eigenvalue weighted by Crippen LogP contribution is -2.53. The molecule has 2 amide bonds. The summed E-state index contributed by atoms with van der Waals surface area (Å²) in [4.78, 5) is 26.5. The van der Waals surface area contributed by atoms with Crippen LogP contribution in [0.4, 0.5) is 0 Å². The molecule has 2 fully saturated rings. The Hall–Kier alpha value is -1.66. The van der Waals surface area contributed by atoms with Crippen LogP contribution in [0, 0.1) is 5.92 Å². The van der Waals surface area contributed by atoms with Crippen molar-refractivity contribution >= 4 is 11.8 Å². The Labute approximate surface area is 142 Å². The van der Waals surface area contributed by atoms with Gasteiger partial charge in [0.25, 0.3) is 5.91 Å². The number of rotatable bonds is 3. The van der Waals surface area contributed by atoms with Crippen molar-refractivity contribution in [2.75, 3.05) is 19.7 Å². The molecule has 2 saturated heterocycles. The lowest BCUT2D eigenvalue weighted by molar-refractivity contribution is -0.177. The highest BCUT2D eigenvalue weighted by Crippen LogP contribution is 2.23. The van der Waals surface area contributed by atoms with Crippen LogP contribution in [0.5, 0.6) is 0 Å². The highest BCUT2D eigenvalue weighted by molar-refractivity contribution is 5.82. The summed E-state index contributed by atoms with van der Waals surface area (Å²) in [7, 11) is 0. The number of nitrogens with zero attached hydrogens (tertiary/aromatic N) is 1. The fourth-order valence-corrected chi connectivity index (χ4v) is 3.36. The van der Waals surface area contributed by atoms with E-state index in [2.05, 4.69) is 5.32 Å². The summed E-state index contributed by atoms with van der Waals surface area (Å²) in [5.41, 5.74) is 0. The molecule has 0 spiro atoms. The van der Waals surface area contributed by atoms with E-state index in [1.165, 1.54) is 0 Å². The smallest absolute Gasteiger partial charge is 0.254 e. The number of carbonyl (C=O) groups excluding carboxylic acids is 2. The fourth-order valence-electron chi connectivity index (χ4n) is 3.36. The number of piperidine rings is 1. The molecule has 2 aliphatic heterocycles. The Balaban J connectivity index is 1.49. The molecule has 0 unspecified atom stereocenters. The van der Waals surface area contributed by atoms with Gasteiger partial charge >= 0.3 is 0 Å². The summed E-state index contributed by atoms with van der Waals surface area (Å²) >= 11 is 0.